The van der Waals surface area contributed by atoms with Crippen molar-refractivity contribution in [3.8, 4) is 5.88 Å². The molecule has 19 heavy (non-hydrogen) atoms. The predicted octanol–water partition coefficient (Wildman–Crippen LogP) is 3.44. The fourth-order valence-electron chi connectivity index (χ4n) is 2.40. The van der Waals surface area contributed by atoms with Crippen molar-refractivity contribution in [3.63, 3.8) is 0 Å². The molecule has 1 N–H and O–H groups in total. The van der Waals surface area contributed by atoms with Crippen LogP contribution in [0, 0.1) is 0 Å². The van der Waals surface area contributed by atoms with Crippen molar-refractivity contribution in [2.75, 3.05) is 7.11 Å². The van der Waals surface area contributed by atoms with Crippen LogP contribution in [0.5, 0.6) is 5.88 Å². The van der Waals surface area contributed by atoms with Gasteiger partial charge in [-0.25, -0.2) is 0 Å². The Morgan fingerprint density at radius 1 is 1.21 bits per heavy atom. The van der Waals surface area contributed by atoms with Gasteiger partial charge >= 0.3 is 0 Å². The number of aromatic amines is 1. The van der Waals surface area contributed by atoms with E-state index in [0.717, 1.165) is 42.0 Å². The van der Waals surface area contributed by atoms with Crippen molar-refractivity contribution in [2.24, 2.45) is 0 Å². The highest BCUT2D eigenvalue weighted by Crippen LogP contribution is 2.26. The van der Waals surface area contributed by atoms with E-state index in [9.17, 15) is 4.79 Å². The summed E-state index contributed by atoms with van der Waals surface area (Å²) in [6.07, 6.45) is 4.11. The number of aryl methyl sites for hydroxylation is 2. The topological polar surface area (TPSA) is 42.1 Å². The quantitative estimate of drug-likeness (QED) is 0.893. The molecule has 0 aliphatic carbocycles. The van der Waals surface area contributed by atoms with E-state index in [4.69, 9.17) is 4.74 Å². The Morgan fingerprint density at radius 2 is 2.00 bits per heavy atom. The van der Waals surface area contributed by atoms with Gasteiger partial charge in [0, 0.05) is 10.9 Å². The molecule has 0 aliphatic rings. The van der Waals surface area contributed by atoms with Crippen LogP contribution in [-0.2, 0) is 12.8 Å². The summed E-state index contributed by atoms with van der Waals surface area (Å²) in [5.41, 5.74) is 2.29. The average Bonchev–Trinajstić information content (AvgIpc) is 2.45. The van der Waals surface area contributed by atoms with Crippen molar-refractivity contribution in [1.29, 1.82) is 0 Å². The number of unbranched alkanes of at least 4 members (excludes halogenated alkanes) is 1. The van der Waals surface area contributed by atoms with Crippen LogP contribution in [0.4, 0.5) is 0 Å². The van der Waals surface area contributed by atoms with E-state index in [2.05, 4.69) is 24.9 Å². The van der Waals surface area contributed by atoms with E-state index >= 15 is 0 Å². The summed E-state index contributed by atoms with van der Waals surface area (Å²) in [6, 6.07) is 6.06. The van der Waals surface area contributed by atoms with E-state index < -0.39 is 0 Å². The molecule has 102 valence electrons. The van der Waals surface area contributed by atoms with Gasteiger partial charge in [0.05, 0.1) is 7.11 Å². The largest absolute Gasteiger partial charge is 0.482 e. The molecule has 0 radical (unpaired) electrons. The zero-order chi connectivity index (χ0) is 13.8. The van der Waals surface area contributed by atoms with Crippen LogP contribution in [0.3, 0.4) is 0 Å². The highest BCUT2D eigenvalue weighted by atomic mass is 16.5. The van der Waals surface area contributed by atoms with Gasteiger partial charge in [-0.1, -0.05) is 32.4 Å². The molecule has 3 heteroatoms. The molecule has 0 unspecified atom stereocenters. The number of H-pyrrole nitrogens is 1. The molecule has 1 aromatic heterocycles. The Hall–Kier alpha value is -1.77. The van der Waals surface area contributed by atoms with Crippen LogP contribution in [0.15, 0.2) is 23.0 Å². The first kappa shape index (κ1) is 13.7. The van der Waals surface area contributed by atoms with Crippen LogP contribution in [0.2, 0.25) is 0 Å². The number of aromatic nitrogens is 1. The molecular formula is C16H21NO2. The lowest BCUT2D eigenvalue weighted by Gasteiger charge is -2.12. The van der Waals surface area contributed by atoms with Crippen LogP contribution in [0.1, 0.15) is 37.8 Å². The smallest absolute Gasteiger partial charge is 0.258 e. The maximum absolute atomic E-state index is 12.0. The third-order valence-electron chi connectivity index (χ3n) is 3.55. The molecule has 2 rings (SSSR count). The monoisotopic (exact) mass is 259 g/mol. The first-order valence-electron chi connectivity index (χ1n) is 6.93. The predicted molar refractivity (Wildman–Crippen MR) is 79.1 cm³/mol. The fourth-order valence-corrected chi connectivity index (χ4v) is 2.40. The molecule has 0 aliphatic heterocycles. The number of ether oxygens (including phenoxy) is 1. The summed E-state index contributed by atoms with van der Waals surface area (Å²) >= 11 is 0. The summed E-state index contributed by atoms with van der Waals surface area (Å²) < 4.78 is 5.35. The summed E-state index contributed by atoms with van der Waals surface area (Å²) in [5.74, 6) is 0.610. The van der Waals surface area contributed by atoms with Crippen LogP contribution >= 0.6 is 0 Å². The van der Waals surface area contributed by atoms with Gasteiger partial charge in [-0.05, 0) is 36.3 Å². The van der Waals surface area contributed by atoms with Gasteiger partial charge in [-0.2, -0.15) is 0 Å². The van der Waals surface area contributed by atoms with Gasteiger partial charge in [-0.3, -0.25) is 9.78 Å². The van der Waals surface area contributed by atoms with Crippen LogP contribution in [0.25, 0.3) is 10.8 Å². The summed E-state index contributed by atoms with van der Waals surface area (Å²) in [6.45, 7) is 4.29. The van der Waals surface area contributed by atoms with Gasteiger partial charge in [0.25, 0.3) is 5.56 Å². The van der Waals surface area contributed by atoms with Gasteiger partial charge in [0.1, 0.15) is 0 Å². The lowest BCUT2D eigenvalue weighted by atomic mass is 9.99. The molecule has 2 aromatic rings. The first-order valence-corrected chi connectivity index (χ1v) is 6.93. The van der Waals surface area contributed by atoms with Crippen LogP contribution in [-0.4, -0.2) is 12.1 Å². The Kier molecular flexibility index (Phi) is 4.25. The summed E-state index contributed by atoms with van der Waals surface area (Å²) in [5, 5.41) is 1.79. The number of pyridine rings is 1. The Balaban J connectivity index is 2.71. The minimum Gasteiger partial charge on any atom is -0.482 e. The number of hydrogen-bond acceptors (Lipinski definition) is 2. The molecule has 0 bridgehead atoms. The van der Waals surface area contributed by atoms with Crippen molar-refractivity contribution < 1.29 is 4.74 Å². The summed E-state index contributed by atoms with van der Waals surface area (Å²) in [7, 11) is 1.61. The van der Waals surface area contributed by atoms with Gasteiger partial charge in [0.2, 0.25) is 0 Å². The van der Waals surface area contributed by atoms with E-state index in [1.165, 1.54) is 5.56 Å². The second-order valence-electron chi connectivity index (χ2n) is 4.80. The van der Waals surface area contributed by atoms with E-state index in [-0.39, 0.29) is 5.56 Å². The molecule has 0 atom stereocenters. The highest BCUT2D eigenvalue weighted by Gasteiger charge is 2.12. The molecule has 3 nitrogen and oxygen atoms in total. The molecule has 0 fully saturated rings. The molecule has 1 heterocycles. The summed E-state index contributed by atoms with van der Waals surface area (Å²) in [4.78, 5) is 14.9. The molecule has 1 aromatic carbocycles. The van der Waals surface area contributed by atoms with Gasteiger partial charge in [0.15, 0.2) is 5.88 Å². The van der Waals surface area contributed by atoms with Gasteiger partial charge < -0.3 is 4.74 Å². The fraction of sp³-hybridized carbons (Fsp3) is 0.438. The number of nitrogens with one attached hydrogen (secondary N) is 1. The minimum absolute atomic E-state index is 0.0743. The molecule has 0 amide bonds. The number of fused-ring (bicyclic) bond motifs is 1. The number of methoxy groups -OCH3 is 1. The first-order chi connectivity index (χ1) is 9.21. The maximum Gasteiger partial charge on any atom is 0.258 e. The Labute approximate surface area is 113 Å². The van der Waals surface area contributed by atoms with Crippen molar-refractivity contribution in [2.45, 2.75) is 39.5 Å². The zero-order valence-electron chi connectivity index (χ0n) is 11.9. The maximum atomic E-state index is 12.0. The molecule has 0 saturated carbocycles. The third-order valence-corrected chi connectivity index (χ3v) is 3.55. The van der Waals surface area contributed by atoms with Crippen molar-refractivity contribution in [3.05, 3.63) is 39.7 Å². The van der Waals surface area contributed by atoms with Gasteiger partial charge in [-0.15, -0.1) is 0 Å². The minimum atomic E-state index is -0.0743. The third kappa shape index (κ3) is 2.65. The molecular weight excluding hydrogens is 238 g/mol. The number of benzene rings is 1. The van der Waals surface area contributed by atoms with Crippen LogP contribution < -0.4 is 10.3 Å². The lowest BCUT2D eigenvalue weighted by molar-refractivity contribution is 0.392. The second-order valence-corrected chi connectivity index (χ2v) is 4.80. The Bertz CT molecular complexity index is 628. The van der Waals surface area contributed by atoms with Crippen molar-refractivity contribution >= 4 is 10.8 Å². The highest BCUT2D eigenvalue weighted by molar-refractivity contribution is 5.87. The standard InChI is InChI=1S/C16H21NO2/c1-4-6-7-13-14-10-11(5-2)8-9-12(14)15(18)17-16(13)19-3/h8-10H,4-7H2,1-3H3,(H,17,18). The number of hydrogen-bond donors (Lipinski definition) is 1. The Morgan fingerprint density at radius 3 is 2.63 bits per heavy atom. The molecule has 0 saturated heterocycles. The van der Waals surface area contributed by atoms with E-state index in [0.29, 0.717) is 5.88 Å². The lowest BCUT2D eigenvalue weighted by Crippen LogP contribution is -2.11. The SMILES string of the molecule is CCCCc1c(OC)[nH]c(=O)c2ccc(CC)cc12. The normalized spacial score (nSPS) is 10.9. The zero-order valence-corrected chi connectivity index (χ0v) is 11.9. The van der Waals surface area contributed by atoms with E-state index in [1.54, 1.807) is 7.11 Å². The average molecular weight is 259 g/mol. The number of rotatable bonds is 5. The second kappa shape index (κ2) is 5.91. The van der Waals surface area contributed by atoms with Crippen molar-refractivity contribution in [1.82, 2.24) is 4.98 Å². The molecule has 0 spiro atoms. The van der Waals surface area contributed by atoms with E-state index in [1.807, 2.05) is 12.1 Å².